The van der Waals surface area contributed by atoms with Crippen molar-refractivity contribution in [3.8, 4) is 0 Å². The summed E-state index contributed by atoms with van der Waals surface area (Å²) in [5.41, 5.74) is 1.01. The van der Waals surface area contributed by atoms with Gasteiger partial charge in [-0.15, -0.1) is 0 Å². The van der Waals surface area contributed by atoms with Gasteiger partial charge >= 0.3 is 0 Å². The van der Waals surface area contributed by atoms with Gasteiger partial charge < -0.3 is 15.1 Å². The molecule has 1 fully saturated rings. The van der Waals surface area contributed by atoms with Crippen LogP contribution < -0.4 is 0 Å². The van der Waals surface area contributed by atoms with E-state index in [0.29, 0.717) is 18.3 Å². The number of aliphatic hydroxyl groups excluding tert-OH is 1. The topological polar surface area (TPSA) is 43.7 Å². The molecule has 0 bridgehead atoms. The van der Waals surface area contributed by atoms with E-state index in [1.807, 2.05) is 6.92 Å². The van der Waals surface area contributed by atoms with Crippen molar-refractivity contribution in [3.63, 3.8) is 0 Å². The van der Waals surface area contributed by atoms with Crippen LogP contribution in [0.2, 0.25) is 0 Å². The Hall–Kier alpha value is -0.640. The number of rotatable bonds is 12. The molecule has 0 amide bonds. The number of unbranched alkanes of at least 4 members (excludes halogenated alkanes) is 3. The minimum Gasteiger partial charge on any atom is -0.392 e. The Morgan fingerprint density at radius 1 is 1.22 bits per heavy atom. The van der Waals surface area contributed by atoms with Crippen molar-refractivity contribution >= 4 is 0 Å². The Balaban J connectivity index is 1.77. The molecule has 156 valence electrons. The van der Waals surface area contributed by atoms with Crippen LogP contribution in [0, 0.1) is 17.8 Å². The largest absolute Gasteiger partial charge is 0.392 e. The first-order valence-corrected chi connectivity index (χ1v) is 11.2. The molecule has 3 heteroatoms. The molecule has 0 aliphatic heterocycles. The van der Waals surface area contributed by atoms with Gasteiger partial charge in [-0.3, -0.25) is 0 Å². The average molecular weight is 378 g/mol. The number of allylic oxidation sites excluding steroid dienone is 2. The molecule has 2 rings (SSSR count). The first kappa shape index (κ1) is 22.6. The van der Waals surface area contributed by atoms with Crippen LogP contribution in [0.15, 0.2) is 23.8 Å². The van der Waals surface area contributed by atoms with Crippen molar-refractivity contribution in [2.24, 2.45) is 17.8 Å². The lowest BCUT2D eigenvalue weighted by Crippen LogP contribution is -2.23. The molecule has 0 saturated heterocycles. The van der Waals surface area contributed by atoms with Gasteiger partial charge in [0, 0.05) is 5.92 Å². The monoisotopic (exact) mass is 377 g/mol. The molecule has 0 aromatic rings. The van der Waals surface area contributed by atoms with Gasteiger partial charge in [-0.05, 0) is 84.3 Å². The second kappa shape index (κ2) is 10.8. The maximum Gasteiger partial charge on any atom is 0.0654 e. The summed E-state index contributed by atoms with van der Waals surface area (Å²) in [4.78, 5) is 2.26. The summed E-state index contributed by atoms with van der Waals surface area (Å²) in [6.07, 6.45) is 17.5. The zero-order chi connectivity index (χ0) is 19.9. The lowest BCUT2D eigenvalue weighted by atomic mass is 9.87. The summed E-state index contributed by atoms with van der Waals surface area (Å²) >= 11 is 0. The predicted molar refractivity (Wildman–Crippen MR) is 115 cm³/mol. The van der Waals surface area contributed by atoms with Crippen molar-refractivity contribution in [2.45, 2.75) is 89.8 Å². The van der Waals surface area contributed by atoms with E-state index in [-0.39, 0.29) is 12.0 Å². The number of fused-ring (bicyclic) bond motifs is 1. The number of nitrogens with zero attached hydrogens (tertiary/aromatic N) is 1. The molecule has 0 aromatic heterocycles. The molecular formula is C24H43NO2. The summed E-state index contributed by atoms with van der Waals surface area (Å²) in [5, 5.41) is 21.0. The van der Waals surface area contributed by atoms with Gasteiger partial charge in [-0.25, -0.2) is 0 Å². The van der Waals surface area contributed by atoms with Crippen molar-refractivity contribution < 1.29 is 10.2 Å². The molecular weight excluding hydrogens is 334 g/mol. The van der Waals surface area contributed by atoms with E-state index in [0.717, 1.165) is 32.1 Å². The molecule has 0 aromatic carbocycles. The molecule has 0 unspecified atom stereocenters. The highest BCUT2D eigenvalue weighted by atomic mass is 16.3. The van der Waals surface area contributed by atoms with Gasteiger partial charge in [0.25, 0.3) is 0 Å². The Morgan fingerprint density at radius 3 is 2.70 bits per heavy atom. The molecule has 27 heavy (non-hydrogen) atoms. The number of aliphatic hydroxyl groups is 2. The van der Waals surface area contributed by atoms with Gasteiger partial charge in [0.05, 0.1) is 11.7 Å². The molecule has 2 aliphatic carbocycles. The van der Waals surface area contributed by atoms with Crippen molar-refractivity contribution in [1.82, 2.24) is 4.90 Å². The van der Waals surface area contributed by atoms with Gasteiger partial charge in [0.15, 0.2) is 0 Å². The van der Waals surface area contributed by atoms with Crippen molar-refractivity contribution in [1.29, 1.82) is 0 Å². The van der Waals surface area contributed by atoms with Gasteiger partial charge in [-0.1, -0.05) is 50.0 Å². The van der Waals surface area contributed by atoms with Crippen LogP contribution in [0.5, 0.6) is 0 Å². The van der Waals surface area contributed by atoms with Gasteiger partial charge in [0.2, 0.25) is 0 Å². The zero-order valence-electron chi connectivity index (χ0n) is 18.2. The smallest absolute Gasteiger partial charge is 0.0654 e. The van der Waals surface area contributed by atoms with E-state index in [1.165, 1.54) is 32.2 Å². The van der Waals surface area contributed by atoms with Crippen LogP contribution in [0.4, 0.5) is 0 Å². The Bertz CT molecular complexity index is 495. The molecule has 2 aliphatic rings. The minimum atomic E-state index is -0.610. The number of hydrogen-bond acceptors (Lipinski definition) is 3. The molecule has 2 N–H and O–H groups in total. The van der Waals surface area contributed by atoms with Crippen LogP contribution in [0.25, 0.3) is 0 Å². The Labute approximate surface area is 167 Å². The third kappa shape index (κ3) is 7.36. The Kier molecular flexibility index (Phi) is 9.04. The third-order valence-electron chi connectivity index (χ3n) is 6.54. The summed E-state index contributed by atoms with van der Waals surface area (Å²) in [6, 6.07) is 0. The van der Waals surface area contributed by atoms with E-state index in [4.69, 9.17) is 0 Å². The number of hydrogen-bond donors (Lipinski definition) is 2. The van der Waals surface area contributed by atoms with Crippen LogP contribution in [-0.4, -0.2) is 47.5 Å². The maximum atomic E-state index is 10.5. The fraction of sp³-hybridized carbons (Fsp3) is 0.833. The average Bonchev–Trinajstić information content (AvgIpc) is 3.10. The second-order valence-corrected chi connectivity index (χ2v) is 9.58. The highest BCUT2D eigenvalue weighted by Crippen LogP contribution is 2.48. The van der Waals surface area contributed by atoms with Crippen LogP contribution in [0.3, 0.4) is 0 Å². The molecule has 5 atom stereocenters. The standard InChI is InChI=1S/C24H43NO2/c1-5-6-13-24(2,27)14-10-12-21-22-17-19(16-20(22)18-23(21)26)11-8-7-9-15-25(3)4/h10,12,16,20-23,26-27H,5-9,11,13-15,17-18H2,1-4H3/b12-10+/t20-,21+,22-,23+,24+/m0/s1. The first-order valence-electron chi connectivity index (χ1n) is 11.2. The molecule has 3 nitrogen and oxygen atoms in total. The van der Waals surface area contributed by atoms with Crippen LogP contribution >= 0.6 is 0 Å². The predicted octanol–water partition coefficient (Wildman–Crippen LogP) is 4.94. The highest BCUT2D eigenvalue weighted by molar-refractivity contribution is 5.20. The van der Waals surface area contributed by atoms with Gasteiger partial charge in [-0.2, -0.15) is 0 Å². The zero-order valence-corrected chi connectivity index (χ0v) is 18.2. The molecule has 0 heterocycles. The van der Waals surface area contributed by atoms with Crippen molar-refractivity contribution in [3.05, 3.63) is 23.8 Å². The fourth-order valence-corrected chi connectivity index (χ4v) is 4.89. The molecule has 1 saturated carbocycles. The SMILES string of the molecule is CCCC[C@@](C)(O)C/C=C/[C@@H]1[C@H]2CC(CCCCCN(C)C)=C[C@H]2C[C@H]1O. The summed E-state index contributed by atoms with van der Waals surface area (Å²) in [6.45, 7) is 5.28. The van der Waals surface area contributed by atoms with E-state index < -0.39 is 5.60 Å². The van der Waals surface area contributed by atoms with Crippen molar-refractivity contribution in [2.75, 3.05) is 20.6 Å². The lowest BCUT2D eigenvalue weighted by molar-refractivity contribution is 0.0513. The summed E-state index contributed by atoms with van der Waals surface area (Å²) in [5.74, 6) is 1.40. The second-order valence-electron chi connectivity index (χ2n) is 9.58. The highest BCUT2D eigenvalue weighted by Gasteiger charge is 2.43. The first-order chi connectivity index (χ1) is 12.8. The third-order valence-corrected chi connectivity index (χ3v) is 6.54. The van der Waals surface area contributed by atoms with E-state index in [2.05, 4.69) is 44.1 Å². The van der Waals surface area contributed by atoms with E-state index in [1.54, 1.807) is 5.57 Å². The Morgan fingerprint density at radius 2 is 2.00 bits per heavy atom. The van der Waals surface area contributed by atoms with E-state index >= 15 is 0 Å². The van der Waals surface area contributed by atoms with E-state index in [9.17, 15) is 10.2 Å². The van der Waals surface area contributed by atoms with Crippen LogP contribution in [-0.2, 0) is 0 Å². The fourth-order valence-electron chi connectivity index (χ4n) is 4.89. The minimum absolute atomic E-state index is 0.213. The quantitative estimate of drug-likeness (QED) is 0.374. The molecule has 0 radical (unpaired) electrons. The summed E-state index contributed by atoms with van der Waals surface area (Å²) < 4.78 is 0. The van der Waals surface area contributed by atoms with Gasteiger partial charge in [0.1, 0.15) is 0 Å². The summed E-state index contributed by atoms with van der Waals surface area (Å²) in [7, 11) is 4.28. The normalized spacial score (nSPS) is 30.1. The molecule has 0 spiro atoms. The maximum absolute atomic E-state index is 10.5. The van der Waals surface area contributed by atoms with Crippen LogP contribution in [0.1, 0.15) is 78.1 Å². The lowest BCUT2D eigenvalue weighted by Gasteiger charge is -2.22.